The second kappa shape index (κ2) is 5.59. The van der Waals surface area contributed by atoms with Gasteiger partial charge in [-0.25, -0.2) is 0 Å². The summed E-state index contributed by atoms with van der Waals surface area (Å²) < 4.78 is 36.6. The lowest BCUT2D eigenvalue weighted by atomic mass is 10.1. The molecule has 0 atom stereocenters. The molecule has 0 saturated carbocycles. The molecule has 1 aromatic rings. The van der Waals surface area contributed by atoms with Crippen molar-refractivity contribution >= 4 is 17.4 Å². The highest BCUT2D eigenvalue weighted by molar-refractivity contribution is 6.03. The zero-order chi connectivity index (χ0) is 15.6. The van der Waals surface area contributed by atoms with E-state index in [0.717, 1.165) is 0 Å². The lowest BCUT2D eigenvalue weighted by Gasteiger charge is -2.23. The number of ketones is 1. The molecule has 0 aliphatic rings. The van der Waals surface area contributed by atoms with Gasteiger partial charge in [0.2, 0.25) is 5.91 Å². The van der Waals surface area contributed by atoms with Gasteiger partial charge in [0.15, 0.2) is 5.78 Å². The Kier molecular flexibility index (Phi) is 4.51. The molecule has 5 nitrogen and oxygen atoms in total. The summed E-state index contributed by atoms with van der Waals surface area (Å²) in [7, 11) is 0. The number of halogens is 3. The van der Waals surface area contributed by atoms with Gasteiger partial charge in [0.05, 0.1) is 12.1 Å². The third-order valence-corrected chi connectivity index (χ3v) is 2.44. The molecule has 0 heterocycles. The van der Waals surface area contributed by atoms with Crippen LogP contribution in [0.3, 0.4) is 0 Å². The fraction of sp³-hybridized carbons (Fsp3) is 0.333. The maximum absolute atomic E-state index is 12.2. The molecule has 0 unspecified atom stereocenters. The van der Waals surface area contributed by atoms with Gasteiger partial charge >= 0.3 is 6.18 Å². The summed E-state index contributed by atoms with van der Waals surface area (Å²) in [6.45, 7) is 1.23. The Balaban J connectivity index is 2.85. The Morgan fingerprint density at radius 1 is 1.20 bits per heavy atom. The van der Waals surface area contributed by atoms with Gasteiger partial charge in [-0.2, -0.15) is 13.2 Å². The number of benzene rings is 1. The van der Waals surface area contributed by atoms with Crippen LogP contribution in [0.5, 0.6) is 0 Å². The van der Waals surface area contributed by atoms with Gasteiger partial charge in [-0.1, -0.05) is 12.1 Å². The standard InChI is InChI=1S/C12H12F3NO4/c1-7(17)8-4-2-3-5-9(8)16-10(18)6-11(19,20)12(13,14)15/h2-5,19-20H,6H2,1H3,(H,16,18). The van der Waals surface area contributed by atoms with Gasteiger partial charge in [0.25, 0.3) is 5.79 Å². The van der Waals surface area contributed by atoms with E-state index in [1.807, 2.05) is 5.32 Å². The number of para-hydroxylation sites is 1. The molecule has 0 saturated heterocycles. The molecular formula is C12H12F3NO4. The zero-order valence-corrected chi connectivity index (χ0v) is 10.4. The summed E-state index contributed by atoms with van der Waals surface area (Å²) in [5.74, 6) is -5.79. The van der Waals surface area contributed by atoms with Crippen molar-refractivity contribution in [3.63, 3.8) is 0 Å². The molecule has 1 aromatic carbocycles. The largest absolute Gasteiger partial charge is 0.443 e. The smallest absolute Gasteiger partial charge is 0.358 e. The van der Waals surface area contributed by atoms with E-state index in [1.165, 1.54) is 31.2 Å². The predicted octanol–water partition coefficient (Wildman–Crippen LogP) is 1.46. The maximum atomic E-state index is 12.2. The Labute approximate surface area is 112 Å². The maximum Gasteiger partial charge on any atom is 0.443 e. The molecule has 1 rings (SSSR count). The molecule has 0 spiro atoms. The lowest BCUT2D eigenvalue weighted by Crippen LogP contribution is -2.47. The van der Waals surface area contributed by atoms with Crippen molar-refractivity contribution in [2.45, 2.75) is 25.3 Å². The molecule has 0 aromatic heterocycles. The molecule has 3 N–H and O–H groups in total. The third kappa shape index (κ3) is 3.78. The molecular weight excluding hydrogens is 279 g/mol. The Morgan fingerprint density at radius 2 is 1.75 bits per heavy atom. The first-order chi connectivity index (χ1) is 9.04. The number of amides is 1. The highest BCUT2D eigenvalue weighted by Crippen LogP contribution is 2.31. The number of alkyl halides is 3. The first kappa shape index (κ1) is 16.1. The number of carbonyl (C=O) groups is 2. The van der Waals surface area contributed by atoms with Crippen molar-refractivity contribution in [1.82, 2.24) is 0 Å². The number of anilines is 1. The summed E-state index contributed by atoms with van der Waals surface area (Å²) in [6.07, 6.45) is -6.95. The summed E-state index contributed by atoms with van der Waals surface area (Å²) in [6, 6.07) is 5.69. The van der Waals surface area contributed by atoms with E-state index < -0.39 is 30.1 Å². The number of Topliss-reactive ketones (excluding diaryl/α,β-unsaturated/α-hetero) is 1. The van der Waals surface area contributed by atoms with Crippen LogP contribution in [0.2, 0.25) is 0 Å². The first-order valence-electron chi connectivity index (χ1n) is 5.46. The number of nitrogens with one attached hydrogen (secondary N) is 1. The van der Waals surface area contributed by atoms with Gasteiger partial charge in [-0.3, -0.25) is 9.59 Å². The minimum atomic E-state index is -5.36. The van der Waals surface area contributed by atoms with Crippen molar-refractivity contribution in [2.75, 3.05) is 5.32 Å². The van der Waals surface area contributed by atoms with Gasteiger partial charge in [0.1, 0.15) is 0 Å². The number of aliphatic hydroxyl groups is 2. The predicted molar refractivity (Wildman–Crippen MR) is 62.9 cm³/mol. The van der Waals surface area contributed by atoms with E-state index in [-0.39, 0.29) is 11.3 Å². The fourth-order valence-electron chi connectivity index (χ4n) is 1.42. The Morgan fingerprint density at radius 3 is 2.25 bits per heavy atom. The van der Waals surface area contributed by atoms with Crippen LogP contribution >= 0.6 is 0 Å². The van der Waals surface area contributed by atoms with Crippen molar-refractivity contribution in [3.05, 3.63) is 29.8 Å². The normalized spacial score (nSPS) is 12.1. The van der Waals surface area contributed by atoms with Gasteiger partial charge in [0, 0.05) is 5.56 Å². The minimum Gasteiger partial charge on any atom is -0.358 e. The van der Waals surface area contributed by atoms with Crippen LogP contribution in [0.4, 0.5) is 18.9 Å². The Hall–Kier alpha value is -1.93. The number of rotatable bonds is 4. The van der Waals surface area contributed by atoms with Crippen LogP contribution in [-0.4, -0.2) is 33.9 Å². The quantitative estimate of drug-likeness (QED) is 0.579. The first-order valence-corrected chi connectivity index (χ1v) is 5.46. The molecule has 8 heteroatoms. The molecule has 0 aliphatic carbocycles. The summed E-state index contributed by atoms with van der Waals surface area (Å²) in [5, 5.41) is 19.6. The van der Waals surface area contributed by atoms with E-state index in [2.05, 4.69) is 0 Å². The second-order valence-electron chi connectivity index (χ2n) is 4.14. The third-order valence-electron chi connectivity index (χ3n) is 2.44. The van der Waals surface area contributed by atoms with Gasteiger partial charge < -0.3 is 15.5 Å². The topological polar surface area (TPSA) is 86.6 Å². The zero-order valence-electron chi connectivity index (χ0n) is 10.4. The van der Waals surface area contributed by atoms with E-state index in [9.17, 15) is 22.8 Å². The van der Waals surface area contributed by atoms with Crippen LogP contribution in [0, 0.1) is 0 Å². The molecule has 1 amide bonds. The van der Waals surface area contributed by atoms with Crippen molar-refractivity contribution in [1.29, 1.82) is 0 Å². The minimum absolute atomic E-state index is 0.00275. The van der Waals surface area contributed by atoms with Crippen molar-refractivity contribution < 1.29 is 33.0 Å². The van der Waals surface area contributed by atoms with E-state index in [0.29, 0.717) is 0 Å². The molecule has 110 valence electrons. The average molecular weight is 291 g/mol. The molecule has 0 bridgehead atoms. The monoisotopic (exact) mass is 291 g/mol. The van der Waals surface area contributed by atoms with E-state index >= 15 is 0 Å². The summed E-state index contributed by atoms with van der Waals surface area (Å²) >= 11 is 0. The summed E-state index contributed by atoms with van der Waals surface area (Å²) in [4.78, 5) is 22.7. The SMILES string of the molecule is CC(=O)c1ccccc1NC(=O)CC(O)(O)C(F)(F)F. The van der Waals surface area contributed by atoms with Crippen LogP contribution in [-0.2, 0) is 4.79 Å². The fourth-order valence-corrected chi connectivity index (χ4v) is 1.42. The van der Waals surface area contributed by atoms with Crippen molar-refractivity contribution in [2.24, 2.45) is 0 Å². The second-order valence-corrected chi connectivity index (χ2v) is 4.14. The number of carbonyl (C=O) groups excluding carboxylic acids is 2. The highest BCUT2D eigenvalue weighted by Gasteiger charge is 2.54. The molecule has 0 radical (unpaired) electrons. The molecule has 20 heavy (non-hydrogen) atoms. The van der Waals surface area contributed by atoms with Crippen LogP contribution < -0.4 is 5.32 Å². The molecule has 0 aliphatic heterocycles. The van der Waals surface area contributed by atoms with Crippen LogP contribution in [0.15, 0.2) is 24.3 Å². The summed E-state index contributed by atoms with van der Waals surface area (Å²) in [5.41, 5.74) is 0.109. The van der Waals surface area contributed by atoms with Gasteiger partial charge in [-0.15, -0.1) is 0 Å². The number of hydrogen-bond donors (Lipinski definition) is 3. The highest BCUT2D eigenvalue weighted by atomic mass is 19.4. The van der Waals surface area contributed by atoms with E-state index in [1.54, 1.807) is 0 Å². The van der Waals surface area contributed by atoms with Crippen LogP contribution in [0.1, 0.15) is 23.7 Å². The number of hydrogen-bond acceptors (Lipinski definition) is 4. The molecule has 0 fully saturated rings. The average Bonchev–Trinajstić information content (AvgIpc) is 2.26. The van der Waals surface area contributed by atoms with Gasteiger partial charge in [-0.05, 0) is 19.1 Å². The van der Waals surface area contributed by atoms with E-state index in [4.69, 9.17) is 10.2 Å². The van der Waals surface area contributed by atoms with Crippen LogP contribution in [0.25, 0.3) is 0 Å². The lowest BCUT2D eigenvalue weighted by molar-refractivity contribution is -0.347. The Bertz CT molecular complexity index is 526. The van der Waals surface area contributed by atoms with Crippen molar-refractivity contribution in [3.8, 4) is 0 Å².